The third-order valence-electron chi connectivity index (χ3n) is 3.04. The van der Waals surface area contributed by atoms with Crippen LogP contribution in [0.2, 0.25) is 10.0 Å². The highest BCUT2D eigenvalue weighted by Crippen LogP contribution is 2.33. The number of pyridine rings is 2. The van der Waals surface area contributed by atoms with Gasteiger partial charge in [0, 0.05) is 10.9 Å². The fourth-order valence-electron chi connectivity index (χ4n) is 2.05. The molecule has 1 aromatic carbocycles. The van der Waals surface area contributed by atoms with E-state index >= 15 is 0 Å². The number of nitrogens with two attached hydrogens (primary N) is 1. The number of rotatable bonds is 1. The summed E-state index contributed by atoms with van der Waals surface area (Å²) in [5.74, 6) is 0.160. The molecule has 2 heterocycles. The Morgan fingerprint density at radius 3 is 2.57 bits per heavy atom. The van der Waals surface area contributed by atoms with Crippen molar-refractivity contribution in [1.29, 1.82) is 5.26 Å². The lowest BCUT2D eigenvalue weighted by Crippen LogP contribution is -1.98. The first-order valence-electron chi connectivity index (χ1n) is 6.02. The minimum Gasteiger partial charge on any atom is -0.382 e. The van der Waals surface area contributed by atoms with E-state index in [0.29, 0.717) is 16.3 Å². The second kappa shape index (κ2) is 5.21. The molecule has 102 valence electrons. The van der Waals surface area contributed by atoms with Gasteiger partial charge in [0.2, 0.25) is 0 Å². The predicted molar refractivity (Wildman–Crippen MR) is 84.1 cm³/mol. The van der Waals surface area contributed by atoms with Crippen LogP contribution in [0.3, 0.4) is 0 Å². The molecule has 0 saturated heterocycles. The van der Waals surface area contributed by atoms with E-state index in [1.807, 2.05) is 30.3 Å². The number of nitrogen functional groups attached to an aromatic ring is 1. The first-order chi connectivity index (χ1) is 10.1. The Morgan fingerprint density at radius 1 is 1.05 bits per heavy atom. The van der Waals surface area contributed by atoms with Crippen LogP contribution in [-0.4, -0.2) is 9.97 Å². The van der Waals surface area contributed by atoms with Gasteiger partial charge in [0.1, 0.15) is 11.9 Å². The van der Waals surface area contributed by atoms with Gasteiger partial charge in [-0.15, -0.1) is 0 Å². The van der Waals surface area contributed by atoms with Crippen LogP contribution in [0.25, 0.3) is 22.2 Å². The zero-order valence-corrected chi connectivity index (χ0v) is 12.2. The third kappa shape index (κ3) is 2.38. The smallest absolute Gasteiger partial charge is 0.150 e. The van der Waals surface area contributed by atoms with Crippen molar-refractivity contribution in [2.75, 3.05) is 5.73 Å². The SMILES string of the molecule is N#Cc1nc2ccccc2cc1-c1nc(N)c(Cl)cc1Cl. The lowest BCUT2D eigenvalue weighted by Gasteiger charge is -2.09. The quantitative estimate of drug-likeness (QED) is 0.735. The first kappa shape index (κ1) is 13.6. The largest absolute Gasteiger partial charge is 0.382 e. The van der Waals surface area contributed by atoms with Crippen molar-refractivity contribution < 1.29 is 0 Å². The number of nitrogens with zero attached hydrogens (tertiary/aromatic N) is 3. The molecule has 0 spiro atoms. The molecule has 3 aromatic rings. The van der Waals surface area contributed by atoms with E-state index < -0.39 is 0 Å². The second-order valence-corrected chi connectivity index (χ2v) is 5.19. The molecule has 0 bridgehead atoms. The van der Waals surface area contributed by atoms with Crippen molar-refractivity contribution in [2.24, 2.45) is 0 Å². The lowest BCUT2D eigenvalue weighted by atomic mass is 10.1. The van der Waals surface area contributed by atoms with Gasteiger partial charge in [0.05, 0.1) is 21.3 Å². The topological polar surface area (TPSA) is 75.6 Å². The van der Waals surface area contributed by atoms with Crippen LogP contribution in [0, 0.1) is 11.3 Å². The molecule has 0 aliphatic carbocycles. The van der Waals surface area contributed by atoms with Crippen molar-refractivity contribution in [3.05, 3.63) is 52.1 Å². The van der Waals surface area contributed by atoms with Crippen LogP contribution in [0.5, 0.6) is 0 Å². The van der Waals surface area contributed by atoms with Gasteiger partial charge >= 0.3 is 0 Å². The van der Waals surface area contributed by atoms with Gasteiger partial charge in [-0.3, -0.25) is 0 Å². The Bertz CT molecular complexity index is 900. The van der Waals surface area contributed by atoms with Gasteiger partial charge in [0.25, 0.3) is 0 Å². The van der Waals surface area contributed by atoms with E-state index in [9.17, 15) is 5.26 Å². The molecule has 0 amide bonds. The molecular formula is C15H8Cl2N4. The third-order valence-corrected chi connectivity index (χ3v) is 3.63. The van der Waals surface area contributed by atoms with Crippen molar-refractivity contribution in [3.8, 4) is 17.3 Å². The summed E-state index contributed by atoms with van der Waals surface area (Å²) >= 11 is 12.1. The molecule has 6 heteroatoms. The molecule has 3 rings (SSSR count). The molecule has 0 saturated carbocycles. The van der Waals surface area contributed by atoms with Crippen LogP contribution in [0.1, 0.15) is 5.69 Å². The zero-order valence-electron chi connectivity index (χ0n) is 10.6. The summed E-state index contributed by atoms with van der Waals surface area (Å²) in [6, 6.07) is 12.9. The summed E-state index contributed by atoms with van der Waals surface area (Å²) in [5, 5.41) is 10.8. The number of hydrogen-bond acceptors (Lipinski definition) is 4. The molecule has 0 radical (unpaired) electrons. The fourth-order valence-corrected chi connectivity index (χ4v) is 2.51. The van der Waals surface area contributed by atoms with Crippen molar-refractivity contribution >= 4 is 39.9 Å². The normalized spacial score (nSPS) is 10.5. The monoisotopic (exact) mass is 314 g/mol. The highest BCUT2D eigenvalue weighted by atomic mass is 35.5. The fraction of sp³-hybridized carbons (Fsp3) is 0. The summed E-state index contributed by atoms with van der Waals surface area (Å²) in [7, 11) is 0. The van der Waals surface area contributed by atoms with E-state index in [1.165, 1.54) is 6.07 Å². The van der Waals surface area contributed by atoms with Gasteiger partial charge in [0.15, 0.2) is 5.69 Å². The molecule has 0 fully saturated rings. The molecule has 0 aliphatic heterocycles. The van der Waals surface area contributed by atoms with Crippen molar-refractivity contribution in [1.82, 2.24) is 9.97 Å². The maximum absolute atomic E-state index is 9.31. The van der Waals surface area contributed by atoms with Crippen LogP contribution in [0.15, 0.2) is 36.4 Å². The van der Waals surface area contributed by atoms with Gasteiger partial charge in [-0.2, -0.15) is 5.26 Å². The maximum Gasteiger partial charge on any atom is 0.150 e. The summed E-state index contributed by atoms with van der Waals surface area (Å²) in [6.07, 6.45) is 0. The van der Waals surface area contributed by atoms with Gasteiger partial charge < -0.3 is 5.73 Å². The minimum absolute atomic E-state index is 0.160. The number of benzene rings is 1. The number of halogens is 2. The predicted octanol–water partition coefficient (Wildman–Crippen LogP) is 4.06. The van der Waals surface area contributed by atoms with Gasteiger partial charge in [-0.25, -0.2) is 9.97 Å². The standard InChI is InChI=1S/C15H8Cl2N4/c16-10-6-11(17)15(19)21-14(10)9-5-8-3-1-2-4-12(8)20-13(9)7-18/h1-6H,(H2,19,21). The number of fused-ring (bicyclic) bond motifs is 1. The summed E-state index contributed by atoms with van der Waals surface area (Å²) < 4.78 is 0. The molecule has 4 nitrogen and oxygen atoms in total. The van der Waals surface area contributed by atoms with Crippen LogP contribution < -0.4 is 5.73 Å². The highest BCUT2D eigenvalue weighted by molar-refractivity contribution is 6.37. The van der Waals surface area contributed by atoms with E-state index in [1.54, 1.807) is 0 Å². The van der Waals surface area contributed by atoms with Crippen molar-refractivity contribution in [2.45, 2.75) is 0 Å². The summed E-state index contributed by atoms with van der Waals surface area (Å²) in [5.41, 5.74) is 7.63. The summed E-state index contributed by atoms with van der Waals surface area (Å²) in [4.78, 5) is 8.51. The Morgan fingerprint density at radius 2 is 1.81 bits per heavy atom. The molecule has 21 heavy (non-hydrogen) atoms. The number of aromatic nitrogens is 2. The Hall–Kier alpha value is -2.35. The molecular weight excluding hydrogens is 307 g/mol. The number of hydrogen-bond donors (Lipinski definition) is 1. The van der Waals surface area contributed by atoms with E-state index in [-0.39, 0.29) is 16.5 Å². The lowest BCUT2D eigenvalue weighted by molar-refractivity contribution is 1.28. The highest BCUT2D eigenvalue weighted by Gasteiger charge is 2.15. The molecule has 2 aromatic heterocycles. The second-order valence-electron chi connectivity index (χ2n) is 4.37. The molecule has 0 unspecified atom stereocenters. The Kier molecular flexibility index (Phi) is 3.38. The minimum atomic E-state index is 0.160. The Balaban J connectivity index is 2.34. The maximum atomic E-state index is 9.31. The molecule has 2 N–H and O–H groups in total. The summed E-state index contributed by atoms with van der Waals surface area (Å²) in [6.45, 7) is 0. The average molecular weight is 315 g/mol. The van der Waals surface area contributed by atoms with E-state index in [0.717, 1.165) is 10.9 Å². The van der Waals surface area contributed by atoms with Crippen LogP contribution in [-0.2, 0) is 0 Å². The molecule has 0 atom stereocenters. The Labute approximate surface area is 130 Å². The van der Waals surface area contributed by atoms with Crippen LogP contribution >= 0.6 is 23.2 Å². The number of nitriles is 1. The molecule has 0 aliphatic rings. The average Bonchev–Trinajstić information content (AvgIpc) is 2.49. The van der Waals surface area contributed by atoms with Crippen molar-refractivity contribution in [3.63, 3.8) is 0 Å². The van der Waals surface area contributed by atoms with Gasteiger partial charge in [-0.05, 0) is 18.2 Å². The number of anilines is 1. The van der Waals surface area contributed by atoms with E-state index in [4.69, 9.17) is 28.9 Å². The van der Waals surface area contributed by atoms with Gasteiger partial charge in [-0.1, -0.05) is 41.4 Å². The zero-order chi connectivity index (χ0) is 15.0. The number of para-hydroxylation sites is 1. The van der Waals surface area contributed by atoms with E-state index in [2.05, 4.69) is 16.0 Å². The van der Waals surface area contributed by atoms with Crippen LogP contribution in [0.4, 0.5) is 5.82 Å². The first-order valence-corrected chi connectivity index (χ1v) is 6.77.